The van der Waals surface area contributed by atoms with Crippen molar-refractivity contribution in [3.05, 3.63) is 48.2 Å². The number of rotatable bonds is 8. The molecule has 2 aromatic heterocycles. The van der Waals surface area contributed by atoms with Gasteiger partial charge in [-0.2, -0.15) is 5.10 Å². The van der Waals surface area contributed by atoms with E-state index in [4.69, 9.17) is 4.74 Å². The van der Waals surface area contributed by atoms with Crippen LogP contribution in [-0.4, -0.2) is 42.1 Å². The third-order valence-electron chi connectivity index (χ3n) is 4.23. The number of ether oxygens (including phenoxy) is 1. The average Bonchev–Trinajstić information content (AvgIpc) is 3.33. The molecule has 9 heteroatoms. The van der Waals surface area contributed by atoms with Gasteiger partial charge in [0.15, 0.2) is 9.84 Å². The van der Waals surface area contributed by atoms with Crippen LogP contribution >= 0.6 is 23.1 Å². The van der Waals surface area contributed by atoms with Gasteiger partial charge in [0.2, 0.25) is 0 Å². The summed E-state index contributed by atoms with van der Waals surface area (Å²) in [4.78, 5) is 14.2. The predicted octanol–water partition coefficient (Wildman–Crippen LogP) is 4.24. The Bertz CT molecular complexity index is 1120. The van der Waals surface area contributed by atoms with Crippen LogP contribution in [0.2, 0.25) is 0 Å². The van der Waals surface area contributed by atoms with E-state index in [0.29, 0.717) is 10.8 Å². The highest BCUT2D eigenvalue weighted by molar-refractivity contribution is 7.98. The number of thioether (sulfide) groups is 1. The normalized spacial score (nSPS) is 11.6. The summed E-state index contributed by atoms with van der Waals surface area (Å²) in [5.74, 6) is 0.0455. The summed E-state index contributed by atoms with van der Waals surface area (Å²) >= 11 is 2.96. The summed E-state index contributed by atoms with van der Waals surface area (Å²) in [5.41, 5.74) is 2.48. The first-order valence-electron chi connectivity index (χ1n) is 8.96. The second-order valence-corrected chi connectivity index (χ2v) is 10.5. The highest BCUT2D eigenvalue weighted by Gasteiger charge is 2.16. The fourth-order valence-electron chi connectivity index (χ4n) is 2.80. The summed E-state index contributed by atoms with van der Waals surface area (Å²) in [6.07, 6.45) is 1.87. The number of nitrogens with zero attached hydrogens (tertiary/aromatic N) is 2. The standard InChI is InChI=1S/C20H22N2O4S3/c1-4-29(24,25)16-7-5-6-15(11-16)18-8-9-19(28-18)17-10-14(2)21-22(17)12-20(23)26-13-27-3/h5-11H,4,12-13H2,1-3H3. The summed E-state index contributed by atoms with van der Waals surface area (Å²) in [7, 11) is -3.26. The van der Waals surface area contributed by atoms with Crippen molar-refractivity contribution in [1.29, 1.82) is 0 Å². The lowest BCUT2D eigenvalue weighted by molar-refractivity contribution is -0.142. The van der Waals surface area contributed by atoms with Gasteiger partial charge in [0.05, 0.1) is 26.9 Å². The van der Waals surface area contributed by atoms with Crippen LogP contribution in [0.1, 0.15) is 12.6 Å². The maximum absolute atomic E-state index is 12.2. The van der Waals surface area contributed by atoms with Gasteiger partial charge in [0, 0.05) is 4.88 Å². The molecule has 2 heterocycles. The van der Waals surface area contributed by atoms with Crippen LogP contribution in [0.15, 0.2) is 47.4 Å². The Kier molecular flexibility index (Phi) is 6.81. The van der Waals surface area contributed by atoms with Gasteiger partial charge in [-0.3, -0.25) is 9.48 Å². The number of aromatic nitrogens is 2. The van der Waals surface area contributed by atoms with Gasteiger partial charge in [-0.15, -0.1) is 23.1 Å². The molecule has 0 bridgehead atoms. The topological polar surface area (TPSA) is 78.3 Å². The van der Waals surface area contributed by atoms with Crippen molar-refractivity contribution in [2.75, 3.05) is 17.9 Å². The molecule has 0 radical (unpaired) electrons. The molecule has 1 aromatic carbocycles. The predicted molar refractivity (Wildman–Crippen MR) is 118 cm³/mol. The fourth-order valence-corrected chi connectivity index (χ4v) is 4.99. The van der Waals surface area contributed by atoms with E-state index in [1.165, 1.54) is 23.1 Å². The van der Waals surface area contributed by atoms with E-state index in [9.17, 15) is 13.2 Å². The molecular weight excluding hydrogens is 428 g/mol. The zero-order valence-electron chi connectivity index (χ0n) is 16.4. The minimum absolute atomic E-state index is 0.0429. The molecule has 0 unspecified atom stereocenters. The lowest BCUT2D eigenvalue weighted by atomic mass is 10.2. The summed E-state index contributed by atoms with van der Waals surface area (Å²) < 4.78 is 31.1. The number of carbonyl (C=O) groups excluding carboxylic acids is 1. The molecule has 3 rings (SSSR count). The Hall–Kier alpha value is -2.10. The van der Waals surface area contributed by atoms with Crippen LogP contribution in [-0.2, 0) is 25.9 Å². The van der Waals surface area contributed by atoms with Crippen molar-refractivity contribution in [2.45, 2.75) is 25.3 Å². The fraction of sp³-hybridized carbons (Fsp3) is 0.300. The molecule has 0 spiro atoms. The van der Waals surface area contributed by atoms with Crippen LogP contribution in [0.4, 0.5) is 0 Å². The maximum Gasteiger partial charge on any atom is 0.328 e. The number of hydrogen-bond donors (Lipinski definition) is 0. The largest absolute Gasteiger partial charge is 0.453 e. The van der Waals surface area contributed by atoms with Crippen LogP contribution in [0.25, 0.3) is 21.0 Å². The first kappa shape index (κ1) is 21.6. The Balaban J connectivity index is 1.90. The minimum atomic E-state index is -3.26. The van der Waals surface area contributed by atoms with E-state index in [2.05, 4.69) is 5.10 Å². The van der Waals surface area contributed by atoms with Gasteiger partial charge in [0.1, 0.15) is 12.5 Å². The van der Waals surface area contributed by atoms with Gasteiger partial charge < -0.3 is 4.74 Å². The SMILES string of the molecule is CCS(=O)(=O)c1cccc(-c2ccc(-c3cc(C)nn3CC(=O)OCSC)s2)c1. The molecule has 3 aromatic rings. The Morgan fingerprint density at radius 1 is 1.21 bits per heavy atom. The third kappa shape index (κ3) is 5.09. The minimum Gasteiger partial charge on any atom is -0.453 e. The van der Waals surface area contributed by atoms with Gasteiger partial charge in [-0.05, 0) is 49.1 Å². The van der Waals surface area contributed by atoms with Crippen molar-refractivity contribution in [1.82, 2.24) is 9.78 Å². The van der Waals surface area contributed by atoms with Crippen molar-refractivity contribution in [3.8, 4) is 21.0 Å². The van der Waals surface area contributed by atoms with Crippen molar-refractivity contribution in [3.63, 3.8) is 0 Å². The quantitative estimate of drug-likeness (QED) is 0.377. The third-order valence-corrected chi connectivity index (χ3v) is 7.48. The molecule has 0 amide bonds. The molecule has 0 aliphatic rings. The maximum atomic E-state index is 12.2. The molecule has 29 heavy (non-hydrogen) atoms. The first-order chi connectivity index (χ1) is 13.8. The van der Waals surface area contributed by atoms with Gasteiger partial charge in [-0.1, -0.05) is 19.1 Å². The van der Waals surface area contributed by atoms with Crippen molar-refractivity contribution >= 4 is 38.9 Å². The zero-order valence-corrected chi connectivity index (χ0v) is 18.9. The Labute approximate surface area is 178 Å². The van der Waals surface area contributed by atoms with E-state index >= 15 is 0 Å². The lowest BCUT2D eigenvalue weighted by Gasteiger charge is -2.06. The number of thiophene rings is 1. The lowest BCUT2D eigenvalue weighted by Crippen LogP contribution is -2.15. The molecular formula is C20H22N2O4S3. The summed E-state index contributed by atoms with van der Waals surface area (Å²) in [6.45, 7) is 3.56. The molecule has 6 nitrogen and oxygen atoms in total. The van der Waals surface area contributed by atoms with Crippen LogP contribution in [0, 0.1) is 6.92 Å². The number of carbonyl (C=O) groups is 1. The second-order valence-electron chi connectivity index (χ2n) is 6.35. The van der Waals surface area contributed by atoms with Crippen LogP contribution < -0.4 is 0 Å². The van der Waals surface area contributed by atoms with E-state index in [1.807, 2.05) is 37.4 Å². The number of esters is 1. The van der Waals surface area contributed by atoms with Crippen molar-refractivity contribution in [2.24, 2.45) is 0 Å². The monoisotopic (exact) mass is 450 g/mol. The van der Waals surface area contributed by atoms with Gasteiger partial charge in [0.25, 0.3) is 0 Å². The van der Waals surface area contributed by atoms with E-state index in [-0.39, 0.29) is 18.3 Å². The summed E-state index contributed by atoms with van der Waals surface area (Å²) in [6, 6.07) is 12.8. The average molecular weight is 451 g/mol. The molecule has 0 N–H and O–H groups in total. The summed E-state index contributed by atoms with van der Waals surface area (Å²) in [5, 5.41) is 4.41. The smallest absolute Gasteiger partial charge is 0.328 e. The number of hydrogen-bond acceptors (Lipinski definition) is 7. The molecule has 0 aliphatic carbocycles. The Morgan fingerprint density at radius 2 is 1.97 bits per heavy atom. The molecule has 0 saturated heterocycles. The first-order valence-corrected chi connectivity index (χ1v) is 12.8. The van der Waals surface area contributed by atoms with E-state index in [1.54, 1.807) is 29.8 Å². The molecule has 154 valence electrons. The molecule has 0 fully saturated rings. The van der Waals surface area contributed by atoms with Crippen LogP contribution in [0.3, 0.4) is 0 Å². The van der Waals surface area contributed by atoms with E-state index in [0.717, 1.165) is 26.7 Å². The Morgan fingerprint density at radius 3 is 2.69 bits per heavy atom. The highest BCUT2D eigenvalue weighted by Crippen LogP contribution is 2.35. The van der Waals surface area contributed by atoms with Gasteiger partial charge >= 0.3 is 5.97 Å². The number of sulfone groups is 1. The second kappa shape index (κ2) is 9.15. The number of aryl methyl sites for hydroxylation is 1. The van der Waals surface area contributed by atoms with Gasteiger partial charge in [-0.25, -0.2) is 8.42 Å². The molecule has 0 saturated carbocycles. The van der Waals surface area contributed by atoms with Crippen LogP contribution in [0.5, 0.6) is 0 Å². The van der Waals surface area contributed by atoms with E-state index < -0.39 is 9.84 Å². The number of benzene rings is 1. The van der Waals surface area contributed by atoms with Crippen molar-refractivity contribution < 1.29 is 17.9 Å². The zero-order chi connectivity index (χ0) is 21.0. The molecule has 0 atom stereocenters. The highest BCUT2D eigenvalue weighted by atomic mass is 32.2. The molecule has 0 aliphatic heterocycles.